The van der Waals surface area contributed by atoms with Gasteiger partial charge >= 0.3 is 5.97 Å². The van der Waals surface area contributed by atoms with E-state index in [9.17, 15) is 24.0 Å². The van der Waals surface area contributed by atoms with Crippen LogP contribution in [-0.4, -0.2) is 47.1 Å². The topological polar surface area (TPSA) is 122 Å². The number of ether oxygens (including phenoxy) is 1. The van der Waals surface area contributed by atoms with Crippen LogP contribution in [-0.2, 0) is 14.3 Å². The molecule has 2 aromatic carbocycles. The van der Waals surface area contributed by atoms with Crippen molar-refractivity contribution in [2.24, 2.45) is 0 Å². The fourth-order valence-electron chi connectivity index (χ4n) is 2.96. The molecule has 1 aliphatic heterocycles. The molecule has 3 rings (SSSR count). The molecule has 0 radical (unpaired) electrons. The molecule has 0 saturated heterocycles. The molecular weight excluding hydrogens is 556 g/mol. The first kappa shape index (κ1) is 26.1. The molecule has 0 saturated carbocycles. The summed E-state index contributed by atoms with van der Waals surface area (Å²) in [4.78, 5) is 62.5. The average Bonchev–Trinajstić information content (AvgIpc) is 3.07. The fourth-order valence-corrected chi connectivity index (χ4v) is 4.19. The van der Waals surface area contributed by atoms with E-state index in [1.807, 2.05) is 5.43 Å². The highest BCUT2D eigenvalue weighted by Crippen LogP contribution is 2.45. The Morgan fingerprint density at radius 1 is 0.882 bits per heavy atom. The predicted molar refractivity (Wildman–Crippen MR) is 124 cm³/mol. The number of esters is 1. The zero-order valence-corrected chi connectivity index (χ0v) is 20.7. The Hall–Kier alpha value is -2.56. The molecule has 2 aromatic rings. The molecule has 14 heteroatoms. The molecule has 178 valence electrons. The molecule has 34 heavy (non-hydrogen) atoms. The van der Waals surface area contributed by atoms with Crippen molar-refractivity contribution >= 4 is 87.6 Å². The maximum Gasteiger partial charge on any atom is 0.329 e. The van der Waals surface area contributed by atoms with Crippen LogP contribution >= 0.6 is 58.0 Å². The van der Waals surface area contributed by atoms with Gasteiger partial charge in [-0.2, -0.15) is 0 Å². The van der Waals surface area contributed by atoms with E-state index in [2.05, 4.69) is 5.43 Å². The maximum absolute atomic E-state index is 12.8. The van der Waals surface area contributed by atoms with E-state index in [0.717, 1.165) is 0 Å². The van der Waals surface area contributed by atoms with Gasteiger partial charge < -0.3 is 4.74 Å². The molecule has 4 amide bonds. The van der Waals surface area contributed by atoms with E-state index in [-0.39, 0.29) is 41.8 Å². The molecular formula is C20H12Cl5N3O6. The Labute approximate surface area is 217 Å². The Balaban J connectivity index is 1.62. The first-order chi connectivity index (χ1) is 16.0. The number of rotatable bonds is 5. The summed E-state index contributed by atoms with van der Waals surface area (Å²) in [5, 5.41) is -0.859. The van der Waals surface area contributed by atoms with Crippen molar-refractivity contribution in [2.75, 3.05) is 6.61 Å². The van der Waals surface area contributed by atoms with Crippen molar-refractivity contribution in [3.63, 3.8) is 0 Å². The maximum atomic E-state index is 12.8. The molecule has 1 atom stereocenters. The lowest BCUT2D eigenvalue weighted by Gasteiger charge is -2.20. The second-order valence-electron chi connectivity index (χ2n) is 6.75. The SMILES string of the molecule is C[C@@H](C(=O)OCC(=O)NNC(=O)c1ccccc1Cl)N1C(=O)c2c(Cl)c(Cl)c(Cl)c(Cl)c2C1=O. The lowest BCUT2D eigenvalue weighted by molar-refractivity contribution is -0.152. The molecule has 0 spiro atoms. The van der Waals surface area contributed by atoms with Crippen molar-refractivity contribution in [1.29, 1.82) is 0 Å². The van der Waals surface area contributed by atoms with Crippen LogP contribution < -0.4 is 10.9 Å². The summed E-state index contributed by atoms with van der Waals surface area (Å²) in [6.45, 7) is 0.375. The molecule has 0 unspecified atom stereocenters. The molecule has 1 aliphatic rings. The number of carbonyl (C=O) groups is 5. The van der Waals surface area contributed by atoms with Crippen LogP contribution in [0.4, 0.5) is 0 Å². The number of hydrogen-bond donors (Lipinski definition) is 2. The predicted octanol–water partition coefficient (Wildman–Crippen LogP) is 3.94. The Morgan fingerprint density at radius 3 is 1.94 bits per heavy atom. The van der Waals surface area contributed by atoms with Gasteiger partial charge in [0.15, 0.2) is 6.61 Å². The standard InChI is InChI=1S/C20H12Cl5N3O6/c1-7(28-18(31)11-12(19(28)32)14(23)16(25)15(24)13(11)22)20(33)34-6-10(29)26-27-17(30)8-4-2-3-5-9(8)21/h2-5,7H,6H2,1H3,(H,26,29)(H,27,30)/t7-/m0/s1. The highest BCUT2D eigenvalue weighted by Gasteiger charge is 2.45. The van der Waals surface area contributed by atoms with Crippen LogP contribution in [0.2, 0.25) is 25.1 Å². The zero-order valence-electron chi connectivity index (χ0n) is 16.9. The smallest absolute Gasteiger partial charge is 0.329 e. The Morgan fingerprint density at radius 2 is 1.41 bits per heavy atom. The largest absolute Gasteiger partial charge is 0.454 e. The van der Waals surface area contributed by atoms with Crippen LogP contribution in [0.3, 0.4) is 0 Å². The van der Waals surface area contributed by atoms with Gasteiger partial charge in [0.2, 0.25) is 0 Å². The Bertz CT molecular complexity index is 1200. The van der Waals surface area contributed by atoms with Gasteiger partial charge in [-0.25, -0.2) is 4.79 Å². The van der Waals surface area contributed by atoms with Crippen LogP contribution in [0.25, 0.3) is 0 Å². The summed E-state index contributed by atoms with van der Waals surface area (Å²) < 4.78 is 4.85. The molecule has 9 nitrogen and oxygen atoms in total. The van der Waals surface area contributed by atoms with Gasteiger partial charge in [-0.3, -0.25) is 34.9 Å². The molecule has 2 N–H and O–H groups in total. The summed E-state index contributed by atoms with van der Waals surface area (Å²) in [6, 6.07) is 4.67. The number of amides is 4. The van der Waals surface area contributed by atoms with Gasteiger partial charge in [0, 0.05) is 0 Å². The number of nitrogens with one attached hydrogen (secondary N) is 2. The second kappa shape index (κ2) is 10.4. The first-order valence-electron chi connectivity index (χ1n) is 9.21. The normalized spacial score (nSPS) is 13.4. The third-order valence-corrected chi connectivity index (χ3v) is 6.77. The van der Waals surface area contributed by atoms with E-state index >= 15 is 0 Å². The van der Waals surface area contributed by atoms with Gasteiger partial charge in [0.25, 0.3) is 23.6 Å². The van der Waals surface area contributed by atoms with Crippen molar-refractivity contribution < 1.29 is 28.7 Å². The molecule has 0 aromatic heterocycles. The first-order valence-corrected chi connectivity index (χ1v) is 11.1. The molecule has 0 fully saturated rings. The number of hydrogen-bond acceptors (Lipinski definition) is 6. The highest BCUT2D eigenvalue weighted by molar-refractivity contribution is 6.55. The van der Waals surface area contributed by atoms with E-state index in [4.69, 9.17) is 62.7 Å². The zero-order chi connectivity index (χ0) is 25.3. The van der Waals surface area contributed by atoms with E-state index < -0.39 is 42.2 Å². The number of imide groups is 1. The van der Waals surface area contributed by atoms with Crippen LogP contribution in [0.15, 0.2) is 24.3 Å². The summed E-state index contributed by atoms with van der Waals surface area (Å²) in [5.41, 5.74) is 3.66. The summed E-state index contributed by atoms with van der Waals surface area (Å²) >= 11 is 29.9. The monoisotopic (exact) mass is 565 g/mol. The number of fused-ring (bicyclic) bond motifs is 1. The van der Waals surface area contributed by atoms with Gasteiger partial charge in [-0.15, -0.1) is 0 Å². The minimum atomic E-state index is -1.46. The van der Waals surface area contributed by atoms with Gasteiger partial charge in [0.1, 0.15) is 6.04 Å². The fraction of sp³-hybridized carbons (Fsp3) is 0.150. The third kappa shape index (κ3) is 4.80. The van der Waals surface area contributed by atoms with Crippen molar-refractivity contribution in [3.8, 4) is 0 Å². The lowest BCUT2D eigenvalue weighted by Crippen LogP contribution is -2.46. The highest BCUT2D eigenvalue weighted by atomic mass is 35.5. The average molecular weight is 568 g/mol. The number of carbonyl (C=O) groups excluding carboxylic acids is 5. The van der Waals surface area contributed by atoms with Gasteiger partial charge in [-0.05, 0) is 19.1 Å². The molecule has 0 bridgehead atoms. The Kier molecular flexibility index (Phi) is 7.95. The van der Waals surface area contributed by atoms with Crippen molar-refractivity contribution in [1.82, 2.24) is 15.8 Å². The van der Waals surface area contributed by atoms with E-state index in [1.165, 1.54) is 19.1 Å². The van der Waals surface area contributed by atoms with Crippen LogP contribution in [0.1, 0.15) is 38.0 Å². The summed E-state index contributed by atoms with van der Waals surface area (Å²) in [7, 11) is 0. The van der Waals surface area contributed by atoms with Gasteiger partial charge in [0.05, 0.1) is 41.8 Å². The molecule has 0 aliphatic carbocycles. The molecule has 1 heterocycles. The van der Waals surface area contributed by atoms with Crippen molar-refractivity contribution in [3.05, 3.63) is 66.1 Å². The quantitative estimate of drug-likeness (QED) is 0.186. The van der Waals surface area contributed by atoms with Crippen LogP contribution in [0.5, 0.6) is 0 Å². The third-order valence-electron chi connectivity index (χ3n) is 4.64. The minimum absolute atomic E-state index is 0.109. The lowest BCUT2D eigenvalue weighted by atomic mass is 10.1. The van der Waals surface area contributed by atoms with E-state index in [0.29, 0.717) is 4.90 Å². The number of halogens is 5. The minimum Gasteiger partial charge on any atom is -0.454 e. The summed E-state index contributed by atoms with van der Waals surface area (Å²) in [5.74, 6) is -4.56. The summed E-state index contributed by atoms with van der Waals surface area (Å²) in [6.07, 6.45) is 0. The second-order valence-corrected chi connectivity index (χ2v) is 8.67. The number of nitrogens with zero attached hydrogens (tertiary/aromatic N) is 1. The van der Waals surface area contributed by atoms with E-state index in [1.54, 1.807) is 12.1 Å². The number of benzene rings is 2. The van der Waals surface area contributed by atoms with Crippen LogP contribution in [0, 0.1) is 0 Å². The number of hydrazine groups is 1. The van der Waals surface area contributed by atoms with Crippen molar-refractivity contribution in [2.45, 2.75) is 13.0 Å². The van der Waals surface area contributed by atoms with Gasteiger partial charge in [-0.1, -0.05) is 70.1 Å².